The first-order valence-corrected chi connectivity index (χ1v) is 6.51. The number of amides is 1. The van der Waals surface area contributed by atoms with E-state index in [9.17, 15) is 4.79 Å². The fourth-order valence-electron chi connectivity index (χ4n) is 1.81. The van der Waals surface area contributed by atoms with Crippen LogP contribution in [-0.2, 0) is 4.79 Å². The molecule has 0 spiro atoms. The van der Waals surface area contributed by atoms with Crippen molar-refractivity contribution in [3.05, 3.63) is 0 Å². The minimum absolute atomic E-state index is 0.0573. The Morgan fingerprint density at radius 2 is 2.36 bits per heavy atom. The molecule has 3 N–H and O–H groups in total. The summed E-state index contributed by atoms with van der Waals surface area (Å²) in [6, 6.07) is 0.367. The molecule has 1 fully saturated rings. The lowest BCUT2D eigenvalue weighted by atomic mass is 10.1. The second-order valence-corrected chi connectivity index (χ2v) is 5.03. The Labute approximate surface area is 90.2 Å². The van der Waals surface area contributed by atoms with Crippen LogP contribution in [0.25, 0.3) is 0 Å². The van der Waals surface area contributed by atoms with Crippen molar-refractivity contribution in [3.8, 4) is 0 Å². The Hall–Kier alpha value is -0.220. The molecule has 0 radical (unpaired) electrons. The second-order valence-electron chi connectivity index (χ2n) is 3.96. The van der Waals surface area contributed by atoms with Gasteiger partial charge >= 0.3 is 0 Å². The van der Waals surface area contributed by atoms with E-state index in [1.54, 1.807) is 0 Å². The molecule has 1 aliphatic carbocycles. The lowest BCUT2D eigenvalue weighted by Crippen LogP contribution is -2.42. The molecule has 1 aliphatic rings. The zero-order valence-electron chi connectivity index (χ0n) is 8.95. The summed E-state index contributed by atoms with van der Waals surface area (Å²) in [5.74, 6) is 0.0524. The fourth-order valence-corrected chi connectivity index (χ4v) is 2.74. The summed E-state index contributed by atoms with van der Waals surface area (Å²) in [5, 5.41) is 3.69. The summed E-state index contributed by atoms with van der Waals surface area (Å²) in [6.45, 7) is 2.31. The van der Waals surface area contributed by atoms with Gasteiger partial charge in [-0.1, -0.05) is 13.3 Å². The van der Waals surface area contributed by atoms with Crippen LogP contribution in [0.2, 0.25) is 0 Å². The van der Waals surface area contributed by atoms with Gasteiger partial charge in [0.05, 0.1) is 0 Å². The Morgan fingerprint density at radius 3 is 2.93 bits per heavy atom. The molecule has 3 nitrogen and oxygen atoms in total. The standard InChI is InChI=1S/C10H20N2OS/c1-7(6-11)10(13)12-8-4-3-5-9(8)14-2/h7-9H,3-6,11H2,1-2H3,(H,12,13). The normalized spacial score (nSPS) is 28.8. The van der Waals surface area contributed by atoms with Gasteiger partial charge in [-0.2, -0.15) is 11.8 Å². The van der Waals surface area contributed by atoms with Crippen LogP contribution in [0.15, 0.2) is 0 Å². The molecule has 1 amide bonds. The van der Waals surface area contributed by atoms with Crippen molar-refractivity contribution in [2.45, 2.75) is 37.5 Å². The van der Waals surface area contributed by atoms with E-state index in [0.29, 0.717) is 17.8 Å². The van der Waals surface area contributed by atoms with E-state index in [1.807, 2.05) is 18.7 Å². The van der Waals surface area contributed by atoms with Crippen molar-refractivity contribution < 1.29 is 4.79 Å². The van der Waals surface area contributed by atoms with E-state index in [2.05, 4.69) is 11.6 Å². The summed E-state index contributed by atoms with van der Waals surface area (Å²) >= 11 is 1.86. The number of carbonyl (C=O) groups excluding carboxylic acids is 1. The molecule has 14 heavy (non-hydrogen) atoms. The molecule has 0 bridgehead atoms. The maximum atomic E-state index is 11.6. The minimum Gasteiger partial charge on any atom is -0.352 e. The molecule has 4 heteroatoms. The van der Waals surface area contributed by atoms with Crippen molar-refractivity contribution in [1.82, 2.24) is 5.32 Å². The van der Waals surface area contributed by atoms with Crippen LogP contribution in [0.5, 0.6) is 0 Å². The highest BCUT2D eigenvalue weighted by molar-refractivity contribution is 7.99. The number of nitrogens with two attached hydrogens (primary N) is 1. The van der Waals surface area contributed by atoms with E-state index in [4.69, 9.17) is 5.73 Å². The predicted molar refractivity (Wildman–Crippen MR) is 61.3 cm³/mol. The third kappa shape index (κ3) is 2.89. The van der Waals surface area contributed by atoms with Gasteiger partial charge in [0.15, 0.2) is 0 Å². The van der Waals surface area contributed by atoms with Crippen LogP contribution in [0.4, 0.5) is 0 Å². The van der Waals surface area contributed by atoms with Crippen LogP contribution in [0, 0.1) is 5.92 Å². The van der Waals surface area contributed by atoms with Gasteiger partial charge in [0.25, 0.3) is 0 Å². The highest BCUT2D eigenvalue weighted by Gasteiger charge is 2.28. The molecule has 0 aromatic carbocycles. The molecular weight excluding hydrogens is 196 g/mol. The van der Waals surface area contributed by atoms with E-state index in [1.165, 1.54) is 12.8 Å². The van der Waals surface area contributed by atoms with Gasteiger partial charge in [0.1, 0.15) is 0 Å². The van der Waals surface area contributed by atoms with E-state index < -0.39 is 0 Å². The molecule has 1 rings (SSSR count). The maximum Gasteiger partial charge on any atom is 0.224 e. The van der Waals surface area contributed by atoms with Crippen molar-refractivity contribution >= 4 is 17.7 Å². The molecule has 0 saturated heterocycles. The molecule has 0 aromatic rings. The number of rotatable bonds is 4. The molecule has 82 valence electrons. The van der Waals surface area contributed by atoms with E-state index >= 15 is 0 Å². The largest absolute Gasteiger partial charge is 0.352 e. The van der Waals surface area contributed by atoms with E-state index in [-0.39, 0.29) is 11.8 Å². The Kier molecular flexibility index (Phi) is 4.75. The van der Waals surface area contributed by atoms with Crippen molar-refractivity contribution in [2.24, 2.45) is 11.7 Å². The van der Waals surface area contributed by atoms with Gasteiger partial charge in [0.2, 0.25) is 5.91 Å². The third-order valence-corrected chi connectivity index (χ3v) is 4.05. The number of hydrogen-bond acceptors (Lipinski definition) is 3. The van der Waals surface area contributed by atoms with Gasteiger partial charge in [-0.05, 0) is 19.1 Å². The van der Waals surface area contributed by atoms with Crippen LogP contribution >= 0.6 is 11.8 Å². The molecule has 0 aromatic heterocycles. The van der Waals surface area contributed by atoms with Crippen LogP contribution in [-0.4, -0.2) is 30.0 Å². The van der Waals surface area contributed by atoms with Gasteiger partial charge in [-0.25, -0.2) is 0 Å². The quantitative estimate of drug-likeness (QED) is 0.736. The highest BCUT2D eigenvalue weighted by Crippen LogP contribution is 2.28. The highest BCUT2D eigenvalue weighted by atomic mass is 32.2. The lowest BCUT2D eigenvalue weighted by molar-refractivity contribution is -0.124. The third-order valence-electron chi connectivity index (χ3n) is 2.88. The van der Waals surface area contributed by atoms with Crippen LogP contribution < -0.4 is 11.1 Å². The summed E-state index contributed by atoms with van der Waals surface area (Å²) in [5.41, 5.74) is 5.45. The van der Waals surface area contributed by atoms with Gasteiger partial charge in [0, 0.05) is 23.8 Å². The summed E-state index contributed by atoms with van der Waals surface area (Å²) in [6.07, 6.45) is 5.69. The van der Waals surface area contributed by atoms with Crippen molar-refractivity contribution in [1.29, 1.82) is 0 Å². The SMILES string of the molecule is CSC1CCCC1NC(=O)C(C)CN. The van der Waals surface area contributed by atoms with Crippen LogP contribution in [0.3, 0.4) is 0 Å². The lowest BCUT2D eigenvalue weighted by Gasteiger charge is -2.20. The average Bonchev–Trinajstić information content (AvgIpc) is 2.63. The Balaban J connectivity index is 2.39. The molecule has 1 saturated carbocycles. The fraction of sp³-hybridized carbons (Fsp3) is 0.900. The average molecular weight is 216 g/mol. The summed E-state index contributed by atoms with van der Waals surface area (Å²) in [7, 11) is 0. The van der Waals surface area contributed by atoms with Gasteiger partial charge in [-0.15, -0.1) is 0 Å². The maximum absolute atomic E-state index is 11.6. The predicted octanol–water partition coefficient (Wildman–Crippen LogP) is 0.981. The zero-order chi connectivity index (χ0) is 10.6. The van der Waals surface area contributed by atoms with Gasteiger partial charge < -0.3 is 11.1 Å². The topological polar surface area (TPSA) is 55.1 Å². The number of hydrogen-bond donors (Lipinski definition) is 2. The second kappa shape index (κ2) is 5.61. The Bertz CT molecular complexity index is 199. The molecule has 0 heterocycles. The summed E-state index contributed by atoms with van der Waals surface area (Å²) in [4.78, 5) is 11.6. The Morgan fingerprint density at radius 1 is 1.64 bits per heavy atom. The zero-order valence-corrected chi connectivity index (χ0v) is 9.77. The summed E-state index contributed by atoms with van der Waals surface area (Å²) < 4.78 is 0. The molecule has 0 aliphatic heterocycles. The molecule has 3 atom stereocenters. The van der Waals surface area contributed by atoms with Crippen molar-refractivity contribution in [3.63, 3.8) is 0 Å². The van der Waals surface area contributed by atoms with Crippen LogP contribution in [0.1, 0.15) is 26.2 Å². The number of nitrogens with one attached hydrogen (secondary N) is 1. The minimum atomic E-state index is -0.0573. The van der Waals surface area contributed by atoms with E-state index in [0.717, 1.165) is 6.42 Å². The first kappa shape index (κ1) is 11.9. The van der Waals surface area contributed by atoms with Crippen molar-refractivity contribution in [2.75, 3.05) is 12.8 Å². The monoisotopic (exact) mass is 216 g/mol. The number of carbonyl (C=O) groups is 1. The molecule has 3 unspecified atom stereocenters. The smallest absolute Gasteiger partial charge is 0.224 e. The first-order valence-electron chi connectivity index (χ1n) is 5.22. The number of thioether (sulfide) groups is 1. The van der Waals surface area contributed by atoms with Gasteiger partial charge in [-0.3, -0.25) is 4.79 Å². The first-order chi connectivity index (χ1) is 6.69. The molecular formula is C10H20N2OS.